The average Bonchev–Trinajstić information content (AvgIpc) is 3.21. The van der Waals surface area contributed by atoms with E-state index >= 15 is 0 Å². The number of para-hydroxylation sites is 1. The van der Waals surface area contributed by atoms with E-state index in [1.807, 2.05) is 48.5 Å². The predicted octanol–water partition coefficient (Wildman–Crippen LogP) is 6.26. The molecule has 1 heterocycles. The van der Waals surface area contributed by atoms with Crippen molar-refractivity contribution >= 4 is 33.2 Å². The number of hydrogen-bond donors (Lipinski definition) is 0. The van der Waals surface area contributed by atoms with Crippen molar-refractivity contribution in [2.75, 3.05) is 7.11 Å². The minimum absolute atomic E-state index is 0.459. The average molecular weight is 413 g/mol. The number of nitrogens with zero attached hydrogens (tertiary/aromatic N) is 2. The zero-order valence-corrected chi connectivity index (χ0v) is 17.6. The van der Waals surface area contributed by atoms with Crippen molar-refractivity contribution in [3.63, 3.8) is 0 Å². The van der Waals surface area contributed by atoms with E-state index in [1.165, 1.54) is 16.9 Å². The van der Waals surface area contributed by atoms with Gasteiger partial charge in [0.25, 0.3) is 0 Å². The van der Waals surface area contributed by atoms with E-state index in [0.29, 0.717) is 28.7 Å². The first kappa shape index (κ1) is 19.7. The van der Waals surface area contributed by atoms with E-state index in [9.17, 15) is 5.26 Å². The summed E-state index contributed by atoms with van der Waals surface area (Å²) in [4.78, 5) is 4.58. The molecular weight excluding hydrogens is 392 g/mol. The van der Waals surface area contributed by atoms with Crippen LogP contribution in [0.3, 0.4) is 0 Å². The minimum atomic E-state index is 0.459. The van der Waals surface area contributed by atoms with Gasteiger partial charge in [-0.05, 0) is 48.4 Å². The van der Waals surface area contributed by atoms with Crippen LogP contribution in [0.1, 0.15) is 21.7 Å². The molecule has 0 saturated carbocycles. The molecule has 3 aromatic carbocycles. The van der Waals surface area contributed by atoms with E-state index in [-0.39, 0.29) is 0 Å². The largest absolute Gasteiger partial charge is 0.493 e. The number of thiazole rings is 1. The fourth-order valence-corrected chi connectivity index (χ4v) is 3.97. The Morgan fingerprint density at radius 2 is 1.87 bits per heavy atom. The number of ether oxygens (including phenoxy) is 2. The summed E-state index contributed by atoms with van der Waals surface area (Å²) in [6.07, 6.45) is 1.82. The number of hydrogen-bond acceptors (Lipinski definition) is 5. The molecule has 30 heavy (non-hydrogen) atoms. The Bertz CT molecular complexity index is 1220. The highest BCUT2D eigenvalue weighted by Gasteiger charge is 2.10. The Hall–Kier alpha value is -3.62. The summed E-state index contributed by atoms with van der Waals surface area (Å²) in [6.45, 7) is 2.52. The lowest BCUT2D eigenvalue weighted by Crippen LogP contribution is -1.98. The Kier molecular flexibility index (Phi) is 5.78. The van der Waals surface area contributed by atoms with Crippen molar-refractivity contribution in [2.45, 2.75) is 13.5 Å². The maximum atomic E-state index is 9.67. The molecule has 5 heteroatoms. The maximum absolute atomic E-state index is 9.67. The van der Waals surface area contributed by atoms with Crippen LogP contribution in [0.2, 0.25) is 0 Å². The van der Waals surface area contributed by atoms with Gasteiger partial charge in [-0.3, -0.25) is 0 Å². The quantitative estimate of drug-likeness (QED) is 0.351. The molecule has 0 amide bonds. The maximum Gasteiger partial charge on any atom is 0.161 e. The van der Waals surface area contributed by atoms with Crippen LogP contribution in [0.5, 0.6) is 11.5 Å². The Balaban J connectivity index is 1.57. The van der Waals surface area contributed by atoms with Crippen LogP contribution in [0.15, 0.2) is 66.7 Å². The first-order valence-electron chi connectivity index (χ1n) is 9.50. The lowest BCUT2D eigenvalue weighted by Gasteiger charge is -2.11. The van der Waals surface area contributed by atoms with Crippen molar-refractivity contribution in [3.8, 4) is 17.6 Å². The van der Waals surface area contributed by atoms with Crippen LogP contribution >= 0.6 is 11.3 Å². The molecule has 0 aliphatic heterocycles. The SMILES string of the molecule is COc1cc(C=C(C#N)c2nc3ccccc3s2)ccc1OCc1ccc(C)cc1. The number of rotatable bonds is 6. The summed E-state index contributed by atoms with van der Waals surface area (Å²) in [5.41, 5.74) is 4.58. The number of methoxy groups -OCH3 is 1. The standard InChI is InChI=1S/C25H20N2O2S/c1-17-7-9-18(10-8-17)16-29-22-12-11-19(14-23(22)28-2)13-20(15-26)25-27-21-5-3-4-6-24(21)30-25/h3-14H,16H2,1-2H3. The van der Waals surface area contributed by atoms with E-state index in [0.717, 1.165) is 21.3 Å². The van der Waals surface area contributed by atoms with Gasteiger partial charge in [0.15, 0.2) is 11.5 Å². The lowest BCUT2D eigenvalue weighted by atomic mass is 10.1. The molecule has 0 N–H and O–H groups in total. The van der Waals surface area contributed by atoms with E-state index < -0.39 is 0 Å². The molecule has 0 spiro atoms. The van der Waals surface area contributed by atoms with Crippen molar-refractivity contribution in [3.05, 3.63) is 88.4 Å². The van der Waals surface area contributed by atoms with Crippen LogP contribution in [0, 0.1) is 18.3 Å². The summed E-state index contributed by atoms with van der Waals surface area (Å²) < 4.78 is 12.5. The fraction of sp³-hybridized carbons (Fsp3) is 0.120. The number of aryl methyl sites for hydroxylation is 1. The summed E-state index contributed by atoms with van der Waals surface area (Å²) in [5, 5.41) is 10.4. The van der Waals surface area contributed by atoms with Crippen molar-refractivity contribution < 1.29 is 9.47 Å². The second kappa shape index (κ2) is 8.81. The molecule has 0 saturated heterocycles. The zero-order chi connectivity index (χ0) is 20.9. The highest BCUT2D eigenvalue weighted by atomic mass is 32.1. The van der Waals surface area contributed by atoms with Crippen molar-refractivity contribution in [2.24, 2.45) is 0 Å². The summed E-state index contributed by atoms with van der Waals surface area (Å²) in [7, 11) is 1.61. The molecular formula is C25H20N2O2S. The van der Waals surface area contributed by atoms with Gasteiger partial charge in [0, 0.05) is 0 Å². The van der Waals surface area contributed by atoms with E-state index in [4.69, 9.17) is 9.47 Å². The van der Waals surface area contributed by atoms with Crippen LogP contribution in [-0.2, 0) is 6.61 Å². The number of aromatic nitrogens is 1. The predicted molar refractivity (Wildman–Crippen MR) is 122 cm³/mol. The van der Waals surface area contributed by atoms with Crippen LogP contribution in [0.25, 0.3) is 21.9 Å². The molecule has 0 aliphatic carbocycles. The molecule has 4 aromatic rings. The molecule has 148 valence electrons. The van der Waals surface area contributed by atoms with Crippen LogP contribution in [0.4, 0.5) is 0 Å². The van der Waals surface area contributed by atoms with Gasteiger partial charge in [0.05, 0.1) is 22.9 Å². The minimum Gasteiger partial charge on any atom is -0.493 e. The van der Waals surface area contributed by atoms with Crippen LogP contribution < -0.4 is 9.47 Å². The van der Waals surface area contributed by atoms with E-state index in [1.54, 1.807) is 7.11 Å². The van der Waals surface area contributed by atoms with Gasteiger partial charge < -0.3 is 9.47 Å². The first-order valence-corrected chi connectivity index (χ1v) is 10.3. The second-order valence-electron chi connectivity index (χ2n) is 6.84. The smallest absolute Gasteiger partial charge is 0.161 e. The molecule has 0 bridgehead atoms. The topological polar surface area (TPSA) is 55.1 Å². The molecule has 1 aromatic heterocycles. The monoisotopic (exact) mass is 412 g/mol. The first-order chi connectivity index (χ1) is 14.7. The van der Waals surface area contributed by atoms with Gasteiger partial charge in [-0.1, -0.05) is 48.0 Å². The molecule has 0 radical (unpaired) electrons. The molecule has 0 aliphatic rings. The Labute approximate surface area is 179 Å². The van der Waals surface area contributed by atoms with Gasteiger partial charge >= 0.3 is 0 Å². The molecule has 0 unspecified atom stereocenters. The highest BCUT2D eigenvalue weighted by Crippen LogP contribution is 2.32. The highest BCUT2D eigenvalue weighted by molar-refractivity contribution is 7.19. The number of benzene rings is 3. The molecule has 4 rings (SSSR count). The second-order valence-corrected chi connectivity index (χ2v) is 7.87. The third kappa shape index (κ3) is 4.35. The summed E-state index contributed by atoms with van der Waals surface area (Å²) in [5.74, 6) is 1.28. The third-order valence-electron chi connectivity index (χ3n) is 4.66. The normalized spacial score (nSPS) is 11.3. The lowest BCUT2D eigenvalue weighted by molar-refractivity contribution is 0.284. The van der Waals surface area contributed by atoms with Gasteiger partial charge in [-0.2, -0.15) is 5.26 Å². The number of nitriles is 1. The number of allylic oxidation sites excluding steroid dienone is 1. The van der Waals surface area contributed by atoms with E-state index in [2.05, 4.69) is 42.2 Å². The zero-order valence-electron chi connectivity index (χ0n) is 16.8. The number of fused-ring (bicyclic) bond motifs is 1. The van der Waals surface area contributed by atoms with Crippen molar-refractivity contribution in [1.29, 1.82) is 5.26 Å². The molecule has 0 fully saturated rings. The van der Waals surface area contributed by atoms with Gasteiger partial charge in [-0.25, -0.2) is 4.98 Å². The molecule has 0 atom stereocenters. The molecule has 4 nitrogen and oxygen atoms in total. The van der Waals surface area contributed by atoms with Crippen LogP contribution in [-0.4, -0.2) is 12.1 Å². The van der Waals surface area contributed by atoms with Gasteiger partial charge in [0.1, 0.15) is 17.7 Å². The van der Waals surface area contributed by atoms with Gasteiger partial charge in [-0.15, -0.1) is 11.3 Å². The van der Waals surface area contributed by atoms with Crippen molar-refractivity contribution in [1.82, 2.24) is 4.98 Å². The Morgan fingerprint density at radius 1 is 1.07 bits per heavy atom. The van der Waals surface area contributed by atoms with Gasteiger partial charge in [0.2, 0.25) is 0 Å². The third-order valence-corrected chi connectivity index (χ3v) is 5.73. The Morgan fingerprint density at radius 3 is 2.60 bits per heavy atom. The fourth-order valence-electron chi connectivity index (χ4n) is 3.03. The summed E-state index contributed by atoms with van der Waals surface area (Å²) >= 11 is 1.51. The summed E-state index contributed by atoms with van der Waals surface area (Å²) in [6, 6.07) is 24.0.